The van der Waals surface area contributed by atoms with Gasteiger partial charge in [0.25, 0.3) is 0 Å². The zero-order valence-corrected chi connectivity index (χ0v) is 12.8. The molecule has 0 N–H and O–H groups in total. The first kappa shape index (κ1) is 12.2. The minimum atomic E-state index is 0.898. The lowest BCUT2D eigenvalue weighted by atomic mass is 10.1. The van der Waals surface area contributed by atoms with Crippen molar-refractivity contribution in [2.45, 2.75) is 6.42 Å². The molecule has 6 rings (SSSR count). The summed E-state index contributed by atoms with van der Waals surface area (Å²) in [5.41, 5.74) is 7.84. The monoisotopic (exact) mass is 308 g/mol. The molecule has 0 spiro atoms. The van der Waals surface area contributed by atoms with Crippen LogP contribution >= 0.6 is 0 Å². The summed E-state index contributed by atoms with van der Waals surface area (Å²) in [6.45, 7) is 0. The summed E-state index contributed by atoms with van der Waals surface area (Å²) in [5, 5.41) is 2.29. The van der Waals surface area contributed by atoms with Crippen LogP contribution in [0.3, 0.4) is 0 Å². The average Bonchev–Trinajstić information content (AvgIpc) is 3.18. The van der Waals surface area contributed by atoms with Gasteiger partial charge in [0.1, 0.15) is 5.52 Å². The number of imidazole rings is 1. The molecule has 4 aromatic heterocycles. The van der Waals surface area contributed by atoms with E-state index in [1.807, 2.05) is 24.7 Å². The van der Waals surface area contributed by atoms with Crippen LogP contribution in [0, 0.1) is 0 Å². The molecule has 1 aliphatic carbocycles. The third kappa shape index (κ3) is 1.36. The molecule has 0 fully saturated rings. The number of hydrogen-bond donors (Lipinski definition) is 0. The Morgan fingerprint density at radius 3 is 2.88 bits per heavy atom. The Kier molecular flexibility index (Phi) is 2.12. The van der Waals surface area contributed by atoms with Crippen LogP contribution in [0.5, 0.6) is 0 Å². The van der Waals surface area contributed by atoms with Crippen LogP contribution < -0.4 is 0 Å². The van der Waals surface area contributed by atoms with E-state index in [1.165, 1.54) is 16.8 Å². The Bertz CT molecular complexity index is 1280. The SMILES string of the molecule is c1ccc2c(c1)Cc1c-2nc2c3ncccc3c3ccncc3n12. The highest BCUT2D eigenvalue weighted by Crippen LogP contribution is 2.39. The molecular weight excluding hydrogens is 296 g/mol. The Balaban J connectivity index is 1.90. The first-order valence-electron chi connectivity index (χ1n) is 8.02. The number of benzene rings is 1. The third-order valence-corrected chi connectivity index (χ3v) is 4.95. The van der Waals surface area contributed by atoms with Gasteiger partial charge in [0.15, 0.2) is 5.65 Å². The molecule has 5 aromatic rings. The highest BCUT2D eigenvalue weighted by molar-refractivity contribution is 6.10. The first-order valence-corrected chi connectivity index (χ1v) is 8.02. The van der Waals surface area contributed by atoms with E-state index in [4.69, 9.17) is 4.98 Å². The molecule has 24 heavy (non-hydrogen) atoms. The maximum Gasteiger partial charge on any atom is 0.164 e. The standard InChI is InChI=1S/C20H12N4/c1-2-5-13-12(4-1)10-16-18(13)23-20-19-15(6-3-8-22-19)14-7-9-21-11-17(14)24(16)20/h1-9,11H,10H2. The summed E-state index contributed by atoms with van der Waals surface area (Å²) in [6.07, 6.45) is 6.50. The van der Waals surface area contributed by atoms with Gasteiger partial charge in [-0.1, -0.05) is 30.3 Å². The fraction of sp³-hybridized carbons (Fsp3) is 0.0500. The first-order chi connectivity index (χ1) is 11.9. The van der Waals surface area contributed by atoms with Crippen molar-refractivity contribution in [1.29, 1.82) is 0 Å². The molecule has 0 amide bonds. The van der Waals surface area contributed by atoms with Crippen LogP contribution in [0.25, 0.3) is 38.7 Å². The van der Waals surface area contributed by atoms with Gasteiger partial charge in [0.05, 0.1) is 23.1 Å². The van der Waals surface area contributed by atoms with E-state index in [-0.39, 0.29) is 0 Å². The number of rotatable bonds is 0. The smallest absolute Gasteiger partial charge is 0.164 e. The quantitative estimate of drug-likeness (QED) is 0.398. The summed E-state index contributed by atoms with van der Waals surface area (Å²) in [4.78, 5) is 14.0. The number of pyridine rings is 3. The Labute approximate surface area is 137 Å². The van der Waals surface area contributed by atoms with Crippen LogP contribution in [0.4, 0.5) is 0 Å². The second kappa shape index (κ2) is 4.17. The average molecular weight is 308 g/mol. The molecule has 0 bridgehead atoms. The lowest BCUT2D eigenvalue weighted by Gasteiger charge is -2.08. The maximum atomic E-state index is 4.99. The third-order valence-electron chi connectivity index (χ3n) is 4.95. The molecule has 4 heterocycles. The fourth-order valence-corrected chi connectivity index (χ4v) is 3.93. The zero-order chi connectivity index (χ0) is 15.7. The number of hydrogen-bond acceptors (Lipinski definition) is 3. The molecule has 112 valence electrons. The van der Waals surface area contributed by atoms with E-state index < -0.39 is 0 Å². The lowest BCUT2D eigenvalue weighted by molar-refractivity contribution is 1.08. The van der Waals surface area contributed by atoms with Crippen molar-refractivity contribution in [3.05, 3.63) is 72.3 Å². The van der Waals surface area contributed by atoms with Crippen LogP contribution in [0.2, 0.25) is 0 Å². The zero-order valence-electron chi connectivity index (χ0n) is 12.8. The maximum absolute atomic E-state index is 4.99. The molecule has 0 aliphatic heterocycles. The van der Waals surface area contributed by atoms with Gasteiger partial charge in [-0.15, -0.1) is 0 Å². The van der Waals surface area contributed by atoms with Gasteiger partial charge >= 0.3 is 0 Å². The number of nitrogens with zero attached hydrogens (tertiary/aromatic N) is 4. The van der Waals surface area contributed by atoms with E-state index in [9.17, 15) is 0 Å². The van der Waals surface area contributed by atoms with Crippen molar-refractivity contribution < 1.29 is 0 Å². The van der Waals surface area contributed by atoms with Crippen molar-refractivity contribution in [3.63, 3.8) is 0 Å². The van der Waals surface area contributed by atoms with Crippen molar-refractivity contribution >= 4 is 27.5 Å². The largest absolute Gasteiger partial charge is 0.292 e. The second-order valence-electron chi connectivity index (χ2n) is 6.19. The summed E-state index contributed by atoms with van der Waals surface area (Å²) < 4.78 is 2.24. The molecule has 1 aliphatic rings. The topological polar surface area (TPSA) is 43.1 Å². The van der Waals surface area contributed by atoms with Gasteiger partial charge in [0, 0.05) is 35.2 Å². The van der Waals surface area contributed by atoms with Gasteiger partial charge in [-0.05, 0) is 17.7 Å². The van der Waals surface area contributed by atoms with Gasteiger partial charge in [-0.25, -0.2) is 4.98 Å². The minimum Gasteiger partial charge on any atom is -0.292 e. The molecule has 0 saturated carbocycles. The molecule has 0 radical (unpaired) electrons. The van der Waals surface area contributed by atoms with E-state index in [0.29, 0.717) is 0 Å². The fourth-order valence-electron chi connectivity index (χ4n) is 3.93. The summed E-state index contributed by atoms with van der Waals surface area (Å²) in [5.74, 6) is 0. The van der Waals surface area contributed by atoms with E-state index in [2.05, 4.69) is 50.8 Å². The molecule has 0 atom stereocenters. The molecule has 4 nitrogen and oxygen atoms in total. The van der Waals surface area contributed by atoms with Crippen LogP contribution in [-0.2, 0) is 6.42 Å². The molecule has 0 unspecified atom stereocenters. The van der Waals surface area contributed by atoms with Gasteiger partial charge in [-0.2, -0.15) is 0 Å². The molecule has 1 aromatic carbocycles. The van der Waals surface area contributed by atoms with Crippen molar-refractivity contribution in [1.82, 2.24) is 19.4 Å². The van der Waals surface area contributed by atoms with Gasteiger partial charge in [0.2, 0.25) is 0 Å². The normalized spacial score (nSPS) is 12.8. The predicted molar refractivity (Wildman–Crippen MR) is 94.0 cm³/mol. The minimum absolute atomic E-state index is 0.898. The van der Waals surface area contributed by atoms with Crippen LogP contribution in [0.15, 0.2) is 61.1 Å². The highest BCUT2D eigenvalue weighted by Gasteiger charge is 2.26. The molecule has 4 heteroatoms. The van der Waals surface area contributed by atoms with Gasteiger partial charge in [-0.3, -0.25) is 14.4 Å². The van der Waals surface area contributed by atoms with E-state index in [1.54, 1.807) is 0 Å². The second-order valence-corrected chi connectivity index (χ2v) is 6.19. The van der Waals surface area contributed by atoms with Crippen LogP contribution in [-0.4, -0.2) is 19.4 Å². The lowest BCUT2D eigenvalue weighted by Crippen LogP contribution is -1.97. The number of aromatic nitrogens is 4. The highest BCUT2D eigenvalue weighted by atomic mass is 15.1. The Morgan fingerprint density at radius 1 is 0.917 bits per heavy atom. The van der Waals surface area contributed by atoms with Crippen molar-refractivity contribution in [2.24, 2.45) is 0 Å². The van der Waals surface area contributed by atoms with Gasteiger partial charge < -0.3 is 0 Å². The van der Waals surface area contributed by atoms with Crippen LogP contribution in [0.1, 0.15) is 11.3 Å². The van der Waals surface area contributed by atoms with E-state index in [0.717, 1.165) is 39.6 Å². The van der Waals surface area contributed by atoms with Crippen molar-refractivity contribution in [3.8, 4) is 11.3 Å². The molecular formula is C20H12N4. The summed E-state index contributed by atoms with van der Waals surface area (Å²) in [6, 6.07) is 14.7. The predicted octanol–water partition coefficient (Wildman–Crippen LogP) is 4.00. The molecule has 0 saturated heterocycles. The Hall–Kier alpha value is -3.27. The Morgan fingerprint density at radius 2 is 1.88 bits per heavy atom. The van der Waals surface area contributed by atoms with Crippen molar-refractivity contribution in [2.75, 3.05) is 0 Å². The van der Waals surface area contributed by atoms with E-state index >= 15 is 0 Å². The summed E-state index contributed by atoms with van der Waals surface area (Å²) >= 11 is 0. The summed E-state index contributed by atoms with van der Waals surface area (Å²) in [7, 11) is 0. The number of fused-ring (bicyclic) bond motifs is 10.